The van der Waals surface area contributed by atoms with Gasteiger partial charge in [-0.25, -0.2) is 4.98 Å². The third-order valence-electron chi connectivity index (χ3n) is 2.94. The van der Waals surface area contributed by atoms with Gasteiger partial charge in [0.15, 0.2) is 0 Å². The van der Waals surface area contributed by atoms with E-state index in [1.54, 1.807) is 12.1 Å². The monoisotopic (exact) mass is 335 g/mol. The molecule has 1 aromatic heterocycles. The summed E-state index contributed by atoms with van der Waals surface area (Å²) in [6, 6.07) is 10.9. The minimum atomic E-state index is -0.0950. The van der Waals surface area contributed by atoms with E-state index in [0.717, 1.165) is 11.3 Å². The molecule has 0 aliphatic carbocycles. The van der Waals surface area contributed by atoms with Gasteiger partial charge in [-0.15, -0.1) is 12.4 Å². The number of halogens is 1. The lowest BCUT2D eigenvalue weighted by molar-refractivity contribution is -0.115. The minimum Gasteiger partial charge on any atom is -0.493 e. The first kappa shape index (κ1) is 18.8. The van der Waals surface area contributed by atoms with Crippen molar-refractivity contribution in [3.05, 3.63) is 48.2 Å². The summed E-state index contributed by atoms with van der Waals surface area (Å²) in [5, 5.41) is 2.78. The summed E-state index contributed by atoms with van der Waals surface area (Å²) in [6.45, 7) is 4.89. The van der Waals surface area contributed by atoms with Crippen molar-refractivity contribution in [1.29, 1.82) is 0 Å². The van der Waals surface area contributed by atoms with Gasteiger partial charge in [-0.3, -0.25) is 4.79 Å². The summed E-state index contributed by atoms with van der Waals surface area (Å²) >= 11 is 0. The van der Waals surface area contributed by atoms with Gasteiger partial charge in [-0.2, -0.15) is 0 Å². The predicted octanol–water partition coefficient (Wildman–Crippen LogP) is 3.30. The fourth-order valence-electron chi connectivity index (χ4n) is 1.84. The smallest absolute Gasteiger partial charge is 0.228 e. The van der Waals surface area contributed by atoms with Crippen molar-refractivity contribution < 1.29 is 9.53 Å². The second-order valence-electron chi connectivity index (χ2n) is 5.55. The van der Waals surface area contributed by atoms with Crippen LogP contribution < -0.4 is 15.8 Å². The number of nitrogens with two attached hydrogens (primary N) is 1. The van der Waals surface area contributed by atoms with Crippen molar-refractivity contribution in [2.45, 2.75) is 20.3 Å². The summed E-state index contributed by atoms with van der Waals surface area (Å²) in [4.78, 5) is 15.9. The highest BCUT2D eigenvalue weighted by Gasteiger charge is 2.05. The summed E-state index contributed by atoms with van der Waals surface area (Å²) in [7, 11) is 0. The van der Waals surface area contributed by atoms with Crippen molar-refractivity contribution in [3.8, 4) is 5.75 Å². The van der Waals surface area contributed by atoms with E-state index < -0.39 is 0 Å². The van der Waals surface area contributed by atoms with Gasteiger partial charge in [0, 0.05) is 0 Å². The Labute approximate surface area is 142 Å². The molecule has 0 fully saturated rings. The number of carbonyl (C=O) groups is 1. The molecule has 1 heterocycles. The molecule has 23 heavy (non-hydrogen) atoms. The van der Waals surface area contributed by atoms with E-state index in [4.69, 9.17) is 10.5 Å². The fraction of sp³-hybridized carbons (Fsp3) is 0.294. The Morgan fingerprint density at radius 2 is 1.91 bits per heavy atom. The highest BCUT2D eigenvalue weighted by Crippen LogP contribution is 2.14. The van der Waals surface area contributed by atoms with E-state index in [1.807, 2.05) is 24.3 Å². The standard InChI is InChI=1S/C17H21N3O2.ClH/c1-12(2)11-22-15-6-3-13(4-7-15)9-17(21)20-14-5-8-16(18)19-10-14;/h3-8,10,12H,9,11H2,1-2H3,(H2,18,19)(H,20,21);1H. The van der Waals surface area contributed by atoms with E-state index in [0.29, 0.717) is 30.5 Å². The summed E-state index contributed by atoms with van der Waals surface area (Å²) in [5.74, 6) is 1.64. The number of aromatic nitrogens is 1. The van der Waals surface area contributed by atoms with Crippen LogP contribution in [0.3, 0.4) is 0 Å². The van der Waals surface area contributed by atoms with Crippen LogP contribution in [0, 0.1) is 5.92 Å². The molecule has 0 saturated heterocycles. The number of amides is 1. The topological polar surface area (TPSA) is 77.2 Å². The predicted molar refractivity (Wildman–Crippen MR) is 95.0 cm³/mol. The quantitative estimate of drug-likeness (QED) is 0.849. The number of hydrogen-bond acceptors (Lipinski definition) is 4. The molecule has 0 aliphatic rings. The average Bonchev–Trinajstić information content (AvgIpc) is 2.49. The van der Waals surface area contributed by atoms with Gasteiger partial charge in [0.05, 0.1) is 24.9 Å². The number of nitrogens with one attached hydrogen (secondary N) is 1. The van der Waals surface area contributed by atoms with Gasteiger partial charge in [0.1, 0.15) is 11.6 Å². The fourth-order valence-corrected chi connectivity index (χ4v) is 1.84. The molecule has 1 aromatic carbocycles. The molecule has 2 rings (SSSR count). The molecule has 3 N–H and O–H groups in total. The normalized spacial score (nSPS) is 10.0. The Morgan fingerprint density at radius 1 is 1.22 bits per heavy atom. The molecule has 1 amide bonds. The number of nitrogens with zero attached hydrogens (tertiary/aromatic N) is 1. The molecular formula is C17H22ClN3O2. The number of carbonyl (C=O) groups excluding carboxylic acids is 1. The first-order valence-electron chi connectivity index (χ1n) is 7.26. The van der Waals surface area contributed by atoms with Crippen LogP contribution in [-0.4, -0.2) is 17.5 Å². The number of nitrogen functional groups attached to an aromatic ring is 1. The van der Waals surface area contributed by atoms with E-state index in [9.17, 15) is 4.79 Å². The van der Waals surface area contributed by atoms with E-state index in [-0.39, 0.29) is 18.3 Å². The van der Waals surface area contributed by atoms with Crippen LogP contribution in [0.2, 0.25) is 0 Å². The van der Waals surface area contributed by atoms with Crippen molar-refractivity contribution in [2.24, 2.45) is 5.92 Å². The number of anilines is 2. The minimum absolute atomic E-state index is 0. The Hall–Kier alpha value is -2.27. The van der Waals surface area contributed by atoms with Crippen LogP contribution >= 0.6 is 12.4 Å². The molecule has 0 unspecified atom stereocenters. The zero-order valence-corrected chi connectivity index (χ0v) is 14.1. The molecule has 0 atom stereocenters. The highest BCUT2D eigenvalue weighted by atomic mass is 35.5. The average molecular weight is 336 g/mol. The summed E-state index contributed by atoms with van der Waals surface area (Å²) in [6.07, 6.45) is 1.84. The van der Waals surface area contributed by atoms with Gasteiger partial charge < -0.3 is 15.8 Å². The molecule has 0 radical (unpaired) electrons. The molecule has 0 aliphatic heterocycles. The van der Waals surface area contributed by atoms with Crippen LogP contribution in [-0.2, 0) is 11.2 Å². The molecule has 0 spiro atoms. The molecule has 5 nitrogen and oxygen atoms in total. The van der Waals surface area contributed by atoms with Gasteiger partial charge in [0.25, 0.3) is 0 Å². The van der Waals surface area contributed by atoms with Crippen LogP contribution in [0.4, 0.5) is 11.5 Å². The van der Waals surface area contributed by atoms with Crippen molar-refractivity contribution in [1.82, 2.24) is 4.98 Å². The molecular weight excluding hydrogens is 314 g/mol. The number of hydrogen-bond donors (Lipinski definition) is 2. The second kappa shape index (κ2) is 9.00. The lowest BCUT2D eigenvalue weighted by atomic mass is 10.1. The van der Waals surface area contributed by atoms with Gasteiger partial charge in [-0.1, -0.05) is 26.0 Å². The van der Waals surface area contributed by atoms with Crippen molar-refractivity contribution in [2.75, 3.05) is 17.7 Å². The lowest BCUT2D eigenvalue weighted by Crippen LogP contribution is -2.14. The maximum Gasteiger partial charge on any atom is 0.228 e. The maximum atomic E-state index is 12.0. The maximum absolute atomic E-state index is 12.0. The molecule has 0 saturated carbocycles. The van der Waals surface area contributed by atoms with Gasteiger partial charge in [-0.05, 0) is 35.7 Å². The molecule has 124 valence electrons. The third-order valence-corrected chi connectivity index (χ3v) is 2.94. The largest absolute Gasteiger partial charge is 0.493 e. The van der Waals surface area contributed by atoms with E-state index in [1.165, 1.54) is 6.20 Å². The van der Waals surface area contributed by atoms with E-state index in [2.05, 4.69) is 24.1 Å². The number of ether oxygens (including phenoxy) is 1. The second-order valence-corrected chi connectivity index (χ2v) is 5.55. The van der Waals surface area contributed by atoms with Crippen LogP contribution in [0.1, 0.15) is 19.4 Å². The molecule has 6 heteroatoms. The van der Waals surface area contributed by atoms with E-state index >= 15 is 0 Å². The van der Waals surface area contributed by atoms with Gasteiger partial charge in [0.2, 0.25) is 5.91 Å². The zero-order valence-electron chi connectivity index (χ0n) is 13.3. The third kappa shape index (κ3) is 6.57. The first-order chi connectivity index (χ1) is 10.5. The number of pyridine rings is 1. The number of rotatable bonds is 6. The lowest BCUT2D eigenvalue weighted by Gasteiger charge is -2.09. The van der Waals surface area contributed by atoms with Crippen LogP contribution in [0.25, 0.3) is 0 Å². The summed E-state index contributed by atoms with van der Waals surface area (Å²) < 4.78 is 5.61. The zero-order chi connectivity index (χ0) is 15.9. The SMILES string of the molecule is CC(C)COc1ccc(CC(=O)Nc2ccc(N)nc2)cc1.Cl. The molecule has 2 aromatic rings. The molecule has 0 bridgehead atoms. The van der Waals surface area contributed by atoms with Crippen molar-refractivity contribution in [3.63, 3.8) is 0 Å². The Balaban J connectivity index is 0.00000264. The van der Waals surface area contributed by atoms with Crippen LogP contribution in [0.5, 0.6) is 5.75 Å². The van der Waals surface area contributed by atoms with Gasteiger partial charge >= 0.3 is 0 Å². The number of benzene rings is 1. The van der Waals surface area contributed by atoms with Crippen LogP contribution in [0.15, 0.2) is 42.6 Å². The summed E-state index contributed by atoms with van der Waals surface area (Å²) in [5.41, 5.74) is 7.07. The Morgan fingerprint density at radius 3 is 2.48 bits per heavy atom. The Kier molecular flexibility index (Phi) is 7.35. The first-order valence-corrected chi connectivity index (χ1v) is 7.26. The van der Waals surface area contributed by atoms with Crippen molar-refractivity contribution >= 4 is 29.8 Å². The highest BCUT2D eigenvalue weighted by molar-refractivity contribution is 5.92. The Bertz CT molecular complexity index is 613.